The number of nitrogens with zero attached hydrogens (tertiary/aromatic N) is 1. The molecule has 2 aromatic carbocycles. The van der Waals surface area contributed by atoms with Gasteiger partial charge in [0.25, 0.3) is 5.56 Å². The largest absolute Gasteiger partial charge is 0.333 e. The van der Waals surface area contributed by atoms with E-state index < -0.39 is 5.69 Å². The molecule has 19 heavy (non-hydrogen) atoms. The zero-order chi connectivity index (χ0) is 13.4. The number of para-hydroxylation sites is 2. The van der Waals surface area contributed by atoms with Gasteiger partial charge in [0.05, 0.1) is 16.6 Å². The Morgan fingerprint density at radius 1 is 0.947 bits per heavy atom. The smallest absolute Gasteiger partial charge is 0.306 e. The van der Waals surface area contributed by atoms with Crippen LogP contribution in [0.5, 0.6) is 0 Å². The third kappa shape index (κ3) is 1.92. The van der Waals surface area contributed by atoms with Crippen molar-refractivity contribution < 1.29 is 0 Å². The molecule has 0 aliphatic heterocycles. The number of halogens is 1. The number of aromatic nitrogens is 2. The molecule has 3 aromatic rings. The molecule has 0 spiro atoms. The second kappa shape index (κ2) is 4.51. The number of fused-ring (bicyclic) bond motifs is 1. The first-order valence-electron chi connectivity index (χ1n) is 5.67. The fourth-order valence-corrected chi connectivity index (χ4v) is 2.48. The van der Waals surface area contributed by atoms with E-state index in [1.54, 1.807) is 42.5 Å². The predicted octanol–water partition coefficient (Wildman–Crippen LogP) is 2.44. The molecule has 0 atom stereocenters. The third-order valence-electron chi connectivity index (χ3n) is 2.90. The van der Waals surface area contributed by atoms with E-state index in [0.717, 1.165) is 4.57 Å². The Balaban J connectivity index is 2.47. The lowest BCUT2D eigenvalue weighted by Gasteiger charge is -2.07. The van der Waals surface area contributed by atoms with E-state index in [9.17, 15) is 9.59 Å². The van der Waals surface area contributed by atoms with Crippen LogP contribution in [0, 0.1) is 0 Å². The fourth-order valence-electron chi connectivity index (χ4n) is 2.01. The Bertz CT molecular complexity index is 880. The Morgan fingerprint density at radius 3 is 2.42 bits per heavy atom. The minimum absolute atomic E-state index is 0.328. The standard InChI is InChI=1S/C14H9BrN2O2/c15-10-6-2-4-8-12(10)17-13(18)9-5-1-3-7-11(9)16-14(17)19/h1-8H,(H,16,19). The molecule has 0 saturated heterocycles. The van der Waals surface area contributed by atoms with Crippen molar-refractivity contribution in [3.8, 4) is 5.69 Å². The maximum atomic E-state index is 12.4. The van der Waals surface area contributed by atoms with Crippen LogP contribution < -0.4 is 11.2 Å². The molecule has 0 fully saturated rings. The van der Waals surface area contributed by atoms with Crippen LogP contribution in [-0.4, -0.2) is 9.55 Å². The Labute approximate surface area is 116 Å². The number of aromatic amines is 1. The number of hydrogen-bond acceptors (Lipinski definition) is 2. The van der Waals surface area contributed by atoms with Crippen LogP contribution in [0.25, 0.3) is 16.6 Å². The minimum Gasteiger partial charge on any atom is -0.306 e. The summed E-state index contributed by atoms with van der Waals surface area (Å²) in [5.41, 5.74) is 0.294. The van der Waals surface area contributed by atoms with Gasteiger partial charge in [0.2, 0.25) is 0 Å². The summed E-state index contributed by atoms with van der Waals surface area (Å²) in [6, 6.07) is 14.1. The molecule has 3 rings (SSSR count). The maximum Gasteiger partial charge on any atom is 0.333 e. The van der Waals surface area contributed by atoms with Crippen molar-refractivity contribution >= 4 is 26.8 Å². The lowest BCUT2D eigenvalue weighted by molar-refractivity contribution is 0.897. The number of nitrogens with one attached hydrogen (secondary N) is 1. The highest BCUT2D eigenvalue weighted by atomic mass is 79.9. The monoisotopic (exact) mass is 316 g/mol. The van der Waals surface area contributed by atoms with Gasteiger partial charge in [0.1, 0.15) is 0 Å². The van der Waals surface area contributed by atoms with E-state index in [-0.39, 0.29) is 5.56 Å². The summed E-state index contributed by atoms with van der Waals surface area (Å²) in [6.45, 7) is 0. The molecule has 5 heteroatoms. The highest BCUT2D eigenvalue weighted by Gasteiger charge is 2.10. The summed E-state index contributed by atoms with van der Waals surface area (Å²) < 4.78 is 1.82. The molecule has 0 unspecified atom stereocenters. The Morgan fingerprint density at radius 2 is 1.63 bits per heavy atom. The van der Waals surface area contributed by atoms with Gasteiger partial charge >= 0.3 is 5.69 Å². The van der Waals surface area contributed by atoms with E-state index in [4.69, 9.17) is 0 Å². The first-order valence-corrected chi connectivity index (χ1v) is 6.47. The van der Waals surface area contributed by atoms with Crippen LogP contribution in [0.15, 0.2) is 62.6 Å². The van der Waals surface area contributed by atoms with E-state index in [0.29, 0.717) is 21.1 Å². The Hall–Kier alpha value is -2.14. The molecular weight excluding hydrogens is 308 g/mol. The quantitative estimate of drug-likeness (QED) is 0.749. The van der Waals surface area contributed by atoms with Gasteiger partial charge in [-0.1, -0.05) is 24.3 Å². The molecule has 0 radical (unpaired) electrons. The topological polar surface area (TPSA) is 54.9 Å². The lowest BCUT2D eigenvalue weighted by atomic mass is 10.2. The first kappa shape index (κ1) is 11.9. The van der Waals surface area contributed by atoms with Crippen LogP contribution in [0.2, 0.25) is 0 Å². The van der Waals surface area contributed by atoms with E-state index in [2.05, 4.69) is 20.9 Å². The van der Waals surface area contributed by atoms with Crippen molar-refractivity contribution in [2.75, 3.05) is 0 Å². The molecule has 1 N–H and O–H groups in total. The highest BCUT2D eigenvalue weighted by molar-refractivity contribution is 9.10. The van der Waals surface area contributed by atoms with Gasteiger partial charge in [0, 0.05) is 4.47 Å². The van der Waals surface area contributed by atoms with Gasteiger partial charge < -0.3 is 4.98 Å². The second-order valence-electron chi connectivity index (χ2n) is 4.07. The summed E-state index contributed by atoms with van der Waals surface area (Å²) in [4.78, 5) is 27.2. The van der Waals surface area contributed by atoms with Crippen LogP contribution in [0.1, 0.15) is 0 Å². The van der Waals surface area contributed by atoms with Crippen molar-refractivity contribution in [2.45, 2.75) is 0 Å². The minimum atomic E-state index is -0.449. The highest BCUT2D eigenvalue weighted by Crippen LogP contribution is 2.18. The molecule has 0 saturated carbocycles. The van der Waals surface area contributed by atoms with E-state index in [1.165, 1.54) is 0 Å². The third-order valence-corrected chi connectivity index (χ3v) is 3.57. The number of H-pyrrole nitrogens is 1. The maximum absolute atomic E-state index is 12.4. The number of hydrogen-bond donors (Lipinski definition) is 1. The van der Waals surface area contributed by atoms with Gasteiger partial charge in [-0.2, -0.15) is 0 Å². The molecule has 1 aromatic heterocycles. The van der Waals surface area contributed by atoms with Crippen molar-refractivity contribution in [3.05, 3.63) is 73.8 Å². The summed E-state index contributed by atoms with van der Waals surface area (Å²) in [7, 11) is 0. The summed E-state index contributed by atoms with van der Waals surface area (Å²) in [5, 5.41) is 0.484. The second-order valence-corrected chi connectivity index (χ2v) is 4.92. The summed E-state index contributed by atoms with van der Waals surface area (Å²) >= 11 is 3.35. The van der Waals surface area contributed by atoms with Crippen molar-refractivity contribution in [2.24, 2.45) is 0 Å². The molecule has 0 aliphatic rings. The fraction of sp³-hybridized carbons (Fsp3) is 0. The average molecular weight is 317 g/mol. The molecule has 1 heterocycles. The van der Waals surface area contributed by atoms with Crippen LogP contribution in [0.3, 0.4) is 0 Å². The van der Waals surface area contributed by atoms with Gasteiger partial charge in [-0.3, -0.25) is 4.79 Å². The lowest BCUT2D eigenvalue weighted by Crippen LogP contribution is -2.33. The molecular formula is C14H9BrN2O2. The Kier molecular flexibility index (Phi) is 2.83. The average Bonchev–Trinajstić information content (AvgIpc) is 2.41. The number of rotatable bonds is 1. The zero-order valence-electron chi connectivity index (χ0n) is 9.76. The van der Waals surface area contributed by atoms with E-state index >= 15 is 0 Å². The molecule has 0 aliphatic carbocycles. The van der Waals surface area contributed by atoms with Crippen LogP contribution >= 0.6 is 15.9 Å². The predicted molar refractivity (Wildman–Crippen MR) is 77.9 cm³/mol. The van der Waals surface area contributed by atoms with Gasteiger partial charge in [-0.25, -0.2) is 9.36 Å². The van der Waals surface area contributed by atoms with Gasteiger partial charge in [-0.05, 0) is 40.2 Å². The normalized spacial score (nSPS) is 10.8. The number of benzene rings is 2. The van der Waals surface area contributed by atoms with Crippen LogP contribution in [0.4, 0.5) is 0 Å². The SMILES string of the molecule is O=c1[nH]c2ccccc2c(=O)n1-c1ccccc1Br. The van der Waals surface area contributed by atoms with Crippen molar-refractivity contribution in [1.82, 2.24) is 9.55 Å². The molecule has 94 valence electrons. The summed E-state index contributed by atoms with van der Waals surface area (Å²) in [6.07, 6.45) is 0. The van der Waals surface area contributed by atoms with Gasteiger partial charge in [-0.15, -0.1) is 0 Å². The molecule has 4 nitrogen and oxygen atoms in total. The van der Waals surface area contributed by atoms with Crippen LogP contribution in [-0.2, 0) is 0 Å². The first-order chi connectivity index (χ1) is 9.18. The van der Waals surface area contributed by atoms with Crippen molar-refractivity contribution in [3.63, 3.8) is 0 Å². The molecule has 0 amide bonds. The summed E-state index contributed by atoms with van der Waals surface area (Å²) in [5.74, 6) is 0. The zero-order valence-corrected chi connectivity index (χ0v) is 11.3. The van der Waals surface area contributed by atoms with Crippen molar-refractivity contribution in [1.29, 1.82) is 0 Å². The van der Waals surface area contributed by atoms with Gasteiger partial charge in [0.15, 0.2) is 0 Å². The van der Waals surface area contributed by atoms with E-state index in [1.807, 2.05) is 6.07 Å². The molecule has 0 bridgehead atoms.